The molecule has 0 saturated carbocycles. The van der Waals surface area contributed by atoms with Gasteiger partial charge in [-0.1, -0.05) is 39.0 Å². The fraction of sp³-hybridized carbons (Fsp3) is 0.529. The Bertz CT molecular complexity index is 520. The van der Waals surface area contributed by atoms with Gasteiger partial charge in [0.2, 0.25) is 5.91 Å². The molecule has 1 unspecified atom stereocenters. The predicted molar refractivity (Wildman–Crippen MR) is 84.9 cm³/mol. The van der Waals surface area contributed by atoms with Crippen molar-refractivity contribution in [3.05, 3.63) is 29.8 Å². The van der Waals surface area contributed by atoms with E-state index in [2.05, 4.69) is 5.32 Å². The fourth-order valence-corrected chi connectivity index (χ4v) is 2.17. The minimum absolute atomic E-state index is 0.113. The highest BCUT2D eigenvalue weighted by molar-refractivity contribution is 5.78. The van der Waals surface area contributed by atoms with Crippen LogP contribution in [0, 0.1) is 11.3 Å². The second-order valence-corrected chi connectivity index (χ2v) is 6.59. The summed E-state index contributed by atoms with van der Waals surface area (Å²) in [5.74, 6) is -1.07. The summed E-state index contributed by atoms with van der Waals surface area (Å²) in [5.41, 5.74) is 0.702. The van der Waals surface area contributed by atoms with E-state index >= 15 is 0 Å². The van der Waals surface area contributed by atoms with E-state index in [0.29, 0.717) is 18.6 Å². The average Bonchev–Trinajstić information content (AvgIpc) is 2.41. The Kier molecular flexibility index (Phi) is 6.40. The highest BCUT2D eigenvalue weighted by Crippen LogP contribution is 2.21. The Morgan fingerprint density at radius 3 is 2.45 bits per heavy atom. The predicted octanol–water partition coefficient (Wildman–Crippen LogP) is 2.49. The Balaban J connectivity index is 2.67. The summed E-state index contributed by atoms with van der Waals surface area (Å²) in [6.07, 6.45) is 0.684. The van der Waals surface area contributed by atoms with Crippen molar-refractivity contribution in [2.45, 2.75) is 33.6 Å². The van der Waals surface area contributed by atoms with Crippen LogP contribution in [0.15, 0.2) is 24.3 Å². The first-order valence-corrected chi connectivity index (χ1v) is 7.34. The smallest absolute Gasteiger partial charge is 0.308 e. The molecule has 0 heterocycles. The van der Waals surface area contributed by atoms with Gasteiger partial charge in [0.25, 0.3) is 0 Å². The molecule has 1 aromatic rings. The number of carboxylic acid groups (broad SMARTS) is 1. The maximum absolute atomic E-state index is 11.8. The maximum atomic E-state index is 11.8. The second-order valence-electron chi connectivity index (χ2n) is 6.59. The number of carboxylic acids is 1. The fourth-order valence-electron chi connectivity index (χ4n) is 2.17. The molecule has 0 aliphatic heterocycles. The number of nitrogens with one attached hydrogen (secondary N) is 1. The maximum Gasteiger partial charge on any atom is 0.308 e. The molecule has 0 radical (unpaired) electrons. The van der Waals surface area contributed by atoms with E-state index in [1.807, 2.05) is 39.0 Å². The first-order chi connectivity index (χ1) is 10.2. The van der Waals surface area contributed by atoms with Gasteiger partial charge in [-0.3, -0.25) is 9.59 Å². The zero-order chi connectivity index (χ0) is 16.8. The van der Waals surface area contributed by atoms with Crippen molar-refractivity contribution >= 4 is 11.9 Å². The van der Waals surface area contributed by atoms with Crippen LogP contribution in [0.1, 0.15) is 32.8 Å². The first kappa shape index (κ1) is 18.0. The van der Waals surface area contributed by atoms with Gasteiger partial charge in [0.15, 0.2) is 0 Å². The summed E-state index contributed by atoms with van der Waals surface area (Å²) in [5, 5.41) is 12.1. The largest absolute Gasteiger partial charge is 0.496 e. The zero-order valence-corrected chi connectivity index (χ0v) is 13.7. The molecule has 0 fully saturated rings. The molecule has 122 valence electrons. The van der Waals surface area contributed by atoms with Crippen LogP contribution in [0.25, 0.3) is 0 Å². The minimum Gasteiger partial charge on any atom is -0.496 e. The summed E-state index contributed by atoms with van der Waals surface area (Å²) in [6.45, 7) is 6.02. The second kappa shape index (κ2) is 7.82. The monoisotopic (exact) mass is 307 g/mol. The third-order valence-electron chi connectivity index (χ3n) is 3.24. The SMILES string of the molecule is COc1ccccc1CC(CNC(=O)CC(C)(C)C)C(=O)O. The lowest BCUT2D eigenvalue weighted by molar-refractivity contribution is -0.141. The highest BCUT2D eigenvalue weighted by atomic mass is 16.5. The molecule has 1 aromatic carbocycles. The number of benzene rings is 1. The van der Waals surface area contributed by atoms with Crippen molar-refractivity contribution < 1.29 is 19.4 Å². The average molecular weight is 307 g/mol. The van der Waals surface area contributed by atoms with E-state index in [1.165, 1.54) is 0 Å². The van der Waals surface area contributed by atoms with E-state index in [1.54, 1.807) is 13.2 Å². The van der Waals surface area contributed by atoms with Crippen LogP contribution in [0.3, 0.4) is 0 Å². The Labute approximate surface area is 131 Å². The van der Waals surface area contributed by atoms with Crippen molar-refractivity contribution in [1.29, 1.82) is 0 Å². The molecule has 5 nitrogen and oxygen atoms in total. The molecule has 22 heavy (non-hydrogen) atoms. The van der Waals surface area contributed by atoms with Gasteiger partial charge in [-0.2, -0.15) is 0 Å². The quantitative estimate of drug-likeness (QED) is 0.811. The molecular formula is C17H25NO4. The van der Waals surface area contributed by atoms with Crippen LogP contribution in [0.5, 0.6) is 5.75 Å². The first-order valence-electron chi connectivity index (χ1n) is 7.34. The normalized spacial score (nSPS) is 12.5. The van der Waals surface area contributed by atoms with E-state index in [9.17, 15) is 14.7 Å². The number of carbonyl (C=O) groups is 2. The number of hydrogen-bond donors (Lipinski definition) is 2. The van der Waals surface area contributed by atoms with Gasteiger partial charge < -0.3 is 15.2 Å². The number of para-hydroxylation sites is 1. The molecule has 0 aliphatic rings. The molecule has 1 atom stereocenters. The van der Waals surface area contributed by atoms with E-state index < -0.39 is 11.9 Å². The van der Waals surface area contributed by atoms with Crippen LogP contribution in [-0.4, -0.2) is 30.6 Å². The van der Waals surface area contributed by atoms with Crippen LogP contribution >= 0.6 is 0 Å². The number of amides is 1. The number of aliphatic carboxylic acids is 1. The van der Waals surface area contributed by atoms with Crippen molar-refractivity contribution in [2.24, 2.45) is 11.3 Å². The van der Waals surface area contributed by atoms with E-state index in [4.69, 9.17) is 4.74 Å². The lowest BCUT2D eigenvalue weighted by atomic mass is 9.91. The Morgan fingerprint density at radius 2 is 1.91 bits per heavy atom. The lowest BCUT2D eigenvalue weighted by Gasteiger charge is -2.19. The van der Waals surface area contributed by atoms with E-state index in [-0.39, 0.29) is 17.9 Å². The standard InChI is InChI=1S/C17H25NO4/c1-17(2,3)10-15(19)18-11-13(16(20)21)9-12-7-5-6-8-14(12)22-4/h5-8,13H,9-11H2,1-4H3,(H,18,19)(H,20,21). The molecule has 0 aromatic heterocycles. The Hall–Kier alpha value is -2.04. The van der Waals surface area contributed by atoms with Gasteiger partial charge >= 0.3 is 5.97 Å². The summed E-state index contributed by atoms with van der Waals surface area (Å²) >= 11 is 0. The molecule has 5 heteroatoms. The number of carbonyl (C=O) groups excluding carboxylic acids is 1. The van der Waals surface area contributed by atoms with Crippen molar-refractivity contribution in [1.82, 2.24) is 5.32 Å². The molecule has 0 saturated heterocycles. The van der Waals surface area contributed by atoms with Gasteiger partial charge in [-0.05, 0) is 23.5 Å². The number of hydrogen-bond acceptors (Lipinski definition) is 3. The summed E-state index contributed by atoms with van der Waals surface area (Å²) in [4.78, 5) is 23.2. The van der Waals surface area contributed by atoms with E-state index in [0.717, 1.165) is 5.56 Å². The van der Waals surface area contributed by atoms with Gasteiger partial charge in [-0.15, -0.1) is 0 Å². The molecule has 1 amide bonds. The molecule has 0 aliphatic carbocycles. The van der Waals surface area contributed by atoms with Crippen molar-refractivity contribution in [3.8, 4) is 5.75 Å². The van der Waals surface area contributed by atoms with Crippen LogP contribution in [0.4, 0.5) is 0 Å². The van der Waals surface area contributed by atoms with Gasteiger partial charge in [0.1, 0.15) is 5.75 Å². The number of ether oxygens (including phenoxy) is 1. The number of rotatable bonds is 7. The van der Waals surface area contributed by atoms with Gasteiger partial charge in [0.05, 0.1) is 13.0 Å². The topological polar surface area (TPSA) is 75.6 Å². The lowest BCUT2D eigenvalue weighted by Crippen LogP contribution is -2.35. The van der Waals surface area contributed by atoms with Crippen LogP contribution < -0.4 is 10.1 Å². The molecule has 0 spiro atoms. The zero-order valence-electron chi connectivity index (χ0n) is 13.7. The van der Waals surface area contributed by atoms with Crippen LogP contribution in [-0.2, 0) is 16.0 Å². The van der Waals surface area contributed by atoms with Crippen LogP contribution in [0.2, 0.25) is 0 Å². The minimum atomic E-state index is -0.929. The third kappa shape index (κ3) is 6.16. The van der Waals surface area contributed by atoms with Gasteiger partial charge in [0, 0.05) is 13.0 Å². The van der Waals surface area contributed by atoms with Crippen molar-refractivity contribution in [3.63, 3.8) is 0 Å². The van der Waals surface area contributed by atoms with Crippen molar-refractivity contribution in [2.75, 3.05) is 13.7 Å². The number of methoxy groups -OCH3 is 1. The summed E-state index contributed by atoms with van der Waals surface area (Å²) in [7, 11) is 1.56. The molecule has 2 N–H and O–H groups in total. The third-order valence-corrected chi connectivity index (χ3v) is 3.24. The molecule has 1 rings (SSSR count). The molecular weight excluding hydrogens is 282 g/mol. The highest BCUT2D eigenvalue weighted by Gasteiger charge is 2.22. The summed E-state index contributed by atoms with van der Waals surface area (Å²) in [6, 6.07) is 7.32. The Morgan fingerprint density at radius 1 is 1.27 bits per heavy atom. The van der Waals surface area contributed by atoms with Gasteiger partial charge in [-0.25, -0.2) is 0 Å². The summed E-state index contributed by atoms with van der Waals surface area (Å²) < 4.78 is 5.24. The molecule has 0 bridgehead atoms.